The van der Waals surface area contributed by atoms with E-state index in [1.54, 1.807) is 19.1 Å². The van der Waals surface area contributed by atoms with Gasteiger partial charge in [0.1, 0.15) is 5.75 Å². The van der Waals surface area contributed by atoms with Gasteiger partial charge in [0, 0.05) is 0 Å². The molecule has 0 aliphatic heterocycles. The molecule has 1 N–H and O–H groups in total. The van der Waals surface area contributed by atoms with Crippen LogP contribution in [0, 0.1) is 6.92 Å². The Morgan fingerprint density at radius 1 is 1.40 bits per heavy atom. The van der Waals surface area contributed by atoms with Gasteiger partial charge in [0.2, 0.25) is 0 Å². The SMILES string of the molecule is COc1ccc(C)c(S(=O)(=O)CCO)c1. The molecular formula is C10H14O4S. The van der Waals surface area contributed by atoms with Crippen molar-refractivity contribution >= 4 is 9.84 Å². The second-order valence-corrected chi connectivity index (χ2v) is 5.25. The predicted molar refractivity (Wildman–Crippen MR) is 56.9 cm³/mol. The van der Waals surface area contributed by atoms with Crippen LogP contribution in [0.5, 0.6) is 5.75 Å². The maximum atomic E-state index is 11.7. The first-order valence-corrected chi connectivity index (χ1v) is 6.15. The molecule has 1 aromatic rings. The minimum atomic E-state index is -3.40. The van der Waals surface area contributed by atoms with Crippen molar-refractivity contribution in [2.75, 3.05) is 19.5 Å². The number of aliphatic hydroxyl groups excluding tert-OH is 1. The Hall–Kier alpha value is -1.07. The van der Waals surface area contributed by atoms with Crippen molar-refractivity contribution in [3.05, 3.63) is 23.8 Å². The van der Waals surface area contributed by atoms with Gasteiger partial charge < -0.3 is 9.84 Å². The second kappa shape index (κ2) is 4.63. The fourth-order valence-electron chi connectivity index (χ4n) is 1.27. The summed E-state index contributed by atoms with van der Waals surface area (Å²) in [6.07, 6.45) is 0. The van der Waals surface area contributed by atoms with Crippen molar-refractivity contribution in [3.8, 4) is 5.75 Å². The van der Waals surface area contributed by atoms with Crippen LogP contribution in [0.1, 0.15) is 5.56 Å². The van der Waals surface area contributed by atoms with E-state index >= 15 is 0 Å². The van der Waals surface area contributed by atoms with Gasteiger partial charge in [0.05, 0.1) is 24.4 Å². The molecule has 0 saturated carbocycles. The van der Waals surface area contributed by atoms with E-state index in [9.17, 15) is 8.42 Å². The number of hydrogen-bond acceptors (Lipinski definition) is 4. The van der Waals surface area contributed by atoms with Gasteiger partial charge >= 0.3 is 0 Å². The van der Waals surface area contributed by atoms with Crippen LogP contribution in [0.4, 0.5) is 0 Å². The predicted octanol–water partition coefficient (Wildman–Crippen LogP) is 0.770. The molecule has 1 aromatic carbocycles. The number of methoxy groups -OCH3 is 1. The molecule has 0 aromatic heterocycles. The van der Waals surface area contributed by atoms with Gasteiger partial charge in [0.15, 0.2) is 9.84 Å². The van der Waals surface area contributed by atoms with E-state index in [2.05, 4.69) is 0 Å². The topological polar surface area (TPSA) is 63.6 Å². The molecule has 0 saturated heterocycles. The van der Waals surface area contributed by atoms with Gasteiger partial charge in [-0.1, -0.05) is 6.07 Å². The van der Waals surface area contributed by atoms with Crippen LogP contribution in [0.15, 0.2) is 23.1 Å². The number of ether oxygens (including phenoxy) is 1. The van der Waals surface area contributed by atoms with Gasteiger partial charge in [0.25, 0.3) is 0 Å². The van der Waals surface area contributed by atoms with Gasteiger partial charge in [-0.2, -0.15) is 0 Å². The normalized spacial score (nSPS) is 11.4. The Balaban J connectivity index is 3.24. The van der Waals surface area contributed by atoms with Crippen molar-refractivity contribution in [1.29, 1.82) is 0 Å². The lowest BCUT2D eigenvalue weighted by Gasteiger charge is -2.08. The van der Waals surface area contributed by atoms with E-state index in [-0.39, 0.29) is 17.3 Å². The van der Waals surface area contributed by atoms with E-state index < -0.39 is 9.84 Å². The first-order valence-electron chi connectivity index (χ1n) is 4.49. The van der Waals surface area contributed by atoms with Crippen LogP contribution >= 0.6 is 0 Å². The van der Waals surface area contributed by atoms with Gasteiger partial charge in [-0.25, -0.2) is 8.42 Å². The lowest BCUT2D eigenvalue weighted by Crippen LogP contribution is -2.11. The van der Waals surface area contributed by atoms with Crippen molar-refractivity contribution in [3.63, 3.8) is 0 Å². The van der Waals surface area contributed by atoms with E-state index in [1.807, 2.05) is 0 Å². The first kappa shape index (κ1) is 12.0. The highest BCUT2D eigenvalue weighted by molar-refractivity contribution is 7.91. The summed E-state index contributed by atoms with van der Waals surface area (Å²) in [4.78, 5) is 0.218. The van der Waals surface area contributed by atoms with Crippen molar-refractivity contribution in [2.45, 2.75) is 11.8 Å². The largest absolute Gasteiger partial charge is 0.497 e. The quantitative estimate of drug-likeness (QED) is 0.829. The molecule has 15 heavy (non-hydrogen) atoms. The average Bonchev–Trinajstić information content (AvgIpc) is 2.18. The number of benzene rings is 1. The molecule has 0 bridgehead atoms. The highest BCUT2D eigenvalue weighted by Gasteiger charge is 2.16. The van der Waals surface area contributed by atoms with Gasteiger partial charge in [-0.3, -0.25) is 0 Å². The summed E-state index contributed by atoms with van der Waals surface area (Å²) in [7, 11) is -1.92. The van der Waals surface area contributed by atoms with E-state index in [0.29, 0.717) is 11.3 Å². The molecule has 84 valence electrons. The van der Waals surface area contributed by atoms with Gasteiger partial charge in [-0.15, -0.1) is 0 Å². The van der Waals surface area contributed by atoms with Crippen LogP contribution in [0.3, 0.4) is 0 Å². The lowest BCUT2D eigenvalue weighted by molar-refractivity contribution is 0.319. The lowest BCUT2D eigenvalue weighted by atomic mass is 10.2. The zero-order valence-electron chi connectivity index (χ0n) is 8.73. The summed E-state index contributed by atoms with van der Waals surface area (Å²) in [6, 6.07) is 4.86. The van der Waals surface area contributed by atoms with Gasteiger partial charge in [-0.05, 0) is 24.6 Å². The fourth-order valence-corrected chi connectivity index (χ4v) is 2.59. The molecule has 0 spiro atoms. The minimum Gasteiger partial charge on any atom is -0.497 e. The van der Waals surface area contributed by atoms with Crippen LogP contribution < -0.4 is 4.74 Å². The van der Waals surface area contributed by atoms with Crippen molar-refractivity contribution in [2.24, 2.45) is 0 Å². The smallest absolute Gasteiger partial charge is 0.181 e. The molecule has 0 amide bonds. The molecule has 0 aliphatic rings. The Labute approximate surface area is 89.4 Å². The Kier molecular flexibility index (Phi) is 3.71. The summed E-state index contributed by atoms with van der Waals surface area (Å²) < 4.78 is 28.4. The molecule has 0 radical (unpaired) electrons. The minimum absolute atomic E-state index is 0.218. The molecule has 1 rings (SSSR count). The average molecular weight is 230 g/mol. The zero-order chi connectivity index (χ0) is 11.5. The maximum Gasteiger partial charge on any atom is 0.181 e. The fraction of sp³-hybridized carbons (Fsp3) is 0.400. The highest BCUT2D eigenvalue weighted by Crippen LogP contribution is 2.22. The summed E-state index contributed by atoms with van der Waals surface area (Å²) >= 11 is 0. The highest BCUT2D eigenvalue weighted by atomic mass is 32.2. The molecule has 0 fully saturated rings. The number of sulfone groups is 1. The summed E-state index contributed by atoms with van der Waals surface area (Å²) in [6.45, 7) is 1.34. The molecular weight excluding hydrogens is 216 g/mol. The third-order valence-corrected chi connectivity index (χ3v) is 3.92. The Morgan fingerprint density at radius 3 is 2.60 bits per heavy atom. The number of hydrogen-bond donors (Lipinski definition) is 1. The standard InChI is InChI=1S/C10H14O4S/c1-8-3-4-9(14-2)7-10(8)15(12,13)6-5-11/h3-4,7,11H,5-6H2,1-2H3. The second-order valence-electron chi connectivity index (χ2n) is 3.17. The van der Waals surface area contributed by atoms with Crippen molar-refractivity contribution < 1.29 is 18.3 Å². The Bertz CT molecular complexity index is 437. The number of aliphatic hydroxyl groups is 1. The third kappa shape index (κ3) is 2.70. The molecule has 4 nitrogen and oxygen atoms in total. The first-order chi connectivity index (χ1) is 7.01. The zero-order valence-corrected chi connectivity index (χ0v) is 9.54. The monoisotopic (exact) mass is 230 g/mol. The molecule has 0 aliphatic carbocycles. The number of aryl methyl sites for hydroxylation is 1. The molecule has 0 unspecified atom stereocenters. The van der Waals surface area contributed by atoms with Crippen LogP contribution in [0.2, 0.25) is 0 Å². The Morgan fingerprint density at radius 2 is 2.07 bits per heavy atom. The van der Waals surface area contributed by atoms with Crippen molar-refractivity contribution in [1.82, 2.24) is 0 Å². The van der Waals surface area contributed by atoms with Crippen LogP contribution in [-0.4, -0.2) is 33.0 Å². The molecule has 0 atom stereocenters. The van der Waals surface area contributed by atoms with E-state index in [4.69, 9.17) is 9.84 Å². The summed E-state index contributed by atoms with van der Waals surface area (Å²) in [5.41, 5.74) is 0.657. The summed E-state index contributed by atoms with van der Waals surface area (Å²) in [5, 5.41) is 8.67. The maximum absolute atomic E-state index is 11.7. The van der Waals surface area contributed by atoms with Crippen LogP contribution in [-0.2, 0) is 9.84 Å². The number of rotatable bonds is 4. The van der Waals surface area contributed by atoms with E-state index in [0.717, 1.165) is 0 Å². The van der Waals surface area contributed by atoms with Crippen LogP contribution in [0.25, 0.3) is 0 Å². The summed E-state index contributed by atoms with van der Waals surface area (Å²) in [5.74, 6) is 0.234. The third-order valence-electron chi connectivity index (χ3n) is 2.09. The molecule has 0 heterocycles. The molecule has 5 heteroatoms. The van der Waals surface area contributed by atoms with E-state index in [1.165, 1.54) is 13.2 Å².